The first-order valence-electron chi connectivity index (χ1n) is 9.62. The number of anilines is 1. The number of hydrogen-bond acceptors (Lipinski definition) is 4. The van der Waals surface area contributed by atoms with Crippen LogP contribution in [0.15, 0.2) is 42.5 Å². The number of benzene rings is 2. The summed E-state index contributed by atoms with van der Waals surface area (Å²) >= 11 is 1.82. The minimum atomic E-state index is -3.56. The highest BCUT2D eigenvalue weighted by atomic mass is 32.2. The number of amides is 1. The van der Waals surface area contributed by atoms with Gasteiger partial charge in [0.05, 0.1) is 11.9 Å². The van der Waals surface area contributed by atoms with Crippen LogP contribution in [0, 0.1) is 20.8 Å². The first-order chi connectivity index (χ1) is 13.7. The number of sulfonamides is 1. The molecule has 2 aromatic carbocycles. The molecule has 7 heteroatoms. The van der Waals surface area contributed by atoms with Crippen LogP contribution in [0.4, 0.5) is 5.69 Å². The average molecular weight is 435 g/mol. The third-order valence-electron chi connectivity index (χ3n) is 4.71. The van der Waals surface area contributed by atoms with Crippen molar-refractivity contribution in [2.75, 3.05) is 29.4 Å². The first-order valence-corrected chi connectivity index (χ1v) is 12.6. The van der Waals surface area contributed by atoms with E-state index >= 15 is 0 Å². The van der Waals surface area contributed by atoms with Crippen molar-refractivity contribution in [3.8, 4) is 0 Å². The number of thioether (sulfide) groups is 1. The molecule has 0 saturated carbocycles. The van der Waals surface area contributed by atoms with Crippen LogP contribution in [0.2, 0.25) is 0 Å². The van der Waals surface area contributed by atoms with Gasteiger partial charge >= 0.3 is 0 Å². The summed E-state index contributed by atoms with van der Waals surface area (Å²) in [7, 11) is -3.56. The van der Waals surface area contributed by atoms with Crippen molar-refractivity contribution < 1.29 is 13.2 Å². The largest absolute Gasteiger partial charge is 0.354 e. The Morgan fingerprint density at radius 1 is 1.07 bits per heavy atom. The van der Waals surface area contributed by atoms with Gasteiger partial charge < -0.3 is 5.32 Å². The van der Waals surface area contributed by atoms with Crippen molar-refractivity contribution in [3.05, 3.63) is 64.7 Å². The summed E-state index contributed by atoms with van der Waals surface area (Å²) in [5.41, 5.74) is 4.95. The van der Waals surface area contributed by atoms with Crippen molar-refractivity contribution >= 4 is 33.4 Å². The van der Waals surface area contributed by atoms with E-state index in [0.29, 0.717) is 12.2 Å². The van der Waals surface area contributed by atoms with Gasteiger partial charge in [0.1, 0.15) is 6.54 Å². The number of aryl methyl sites for hydroxylation is 2. The van der Waals surface area contributed by atoms with Crippen LogP contribution in [0.25, 0.3) is 0 Å². The predicted molar refractivity (Wildman–Crippen MR) is 123 cm³/mol. The molecule has 158 valence electrons. The molecule has 2 aromatic rings. The predicted octanol–water partition coefficient (Wildman–Crippen LogP) is 3.82. The molecular weight excluding hydrogens is 404 g/mol. The van der Waals surface area contributed by atoms with Gasteiger partial charge in [-0.1, -0.05) is 42.0 Å². The maximum atomic E-state index is 12.3. The lowest BCUT2D eigenvalue weighted by atomic mass is 10.1. The SMILES string of the molecule is Cc1ccc(CSCCCNC(=O)CN(c2cccc(C)c2C)S(C)(=O)=O)cc1. The molecule has 0 saturated heterocycles. The molecule has 1 N–H and O–H groups in total. The summed E-state index contributed by atoms with van der Waals surface area (Å²) < 4.78 is 25.7. The number of rotatable bonds is 10. The molecule has 0 aromatic heterocycles. The van der Waals surface area contributed by atoms with Gasteiger partial charge in [0.25, 0.3) is 0 Å². The van der Waals surface area contributed by atoms with Crippen molar-refractivity contribution in [2.24, 2.45) is 0 Å². The fraction of sp³-hybridized carbons (Fsp3) is 0.409. The summed E-state index contributed by atoms with van der Waals surface area (Å²) in [6.07, 6.45) is 1.97. The minimum Gasteiger partial charge on any atom is -0.354 e. The van der Waals surface area contributed by atoms with Crippen LogP contribution in [0.1, 0.15) is 28.7 Å². The van der Waals surface area contributed by atoms with Crippen LogP contribution >= 0.6 is 11.8 Å². The molecule has 0 heterocycles. The van der Waals surface area contributed by atoms with E-state index in [1.165, 1.54) is 15.4 Å². The monoisotopic (exact) mass is 434 g/mol. The highest BCUT2D eigenvalue weighted by Gasteiger charge is 2.22. The normalized spacial score (nSPS) is 11.3. The Kier molecular flexibility index (Phi) is 8.59. The van der Waals surface area contributed by atoms with Crippen LogP contribution in [0.3, 0.4) is 0 Å². The summed E-state index contributed by atoms with van der Waals surface area (Å²) in [4.78, 5) is 12.3. The molecule has 2 rings (SSSR count). The van der Waals surface area contributed by atoms with Crippen LogP contribution < -0.4 is 9.62 Å². The summed E-state index contributed by atoms with van der Waals surface area (Å²) in [5, 5.41) is 2.84. The molecule has 5 nitrogen and oxygen atoms in total. The third-order valence-corrected chi connectivity index (χ3v) is 6.95. The Bertz CT molecular complexity index is 926. The van der Waals surface area contributed by atoms with Gasteiger partial charge in [0, 0.05) is 12.3 Å². The highest BCUT2D eigenvalue weighted by Crippen LogP contribution is 2.24. The van der Waals surface area contributed by atoms with E-state index < -0.39 is 10.0 Å². The lowest BCUT2D eigenvalue weighted by molar-refractivity contribution is -0.119. The zero-order valence-electron chi connectivity index (χ0n) is 17.6. The number of carbonyl (C=O) groups excluding carboxylic acids is 1. The Balaban J connectivity index is 1.80. The second kappa shape index (κ2) is 10.7. The second-order valence-electron chi connectivity index (χ2n) is 7.23. The van der Waals surface area contributed by atoms with Gasteiger partial charge in [-0.05, 0) is 55.7 Å². The molecule has 0 unspecified atom stereocenters. The van der Waals surface area contributed by atoms with E-state index in [2.05, 4.69) is 36.5 Å². The summed E-state index contributed by atoms with van der Waals surface area (Å²) in [5.74, 6) is 1.59. The lowest BCUT2D eigenvalue weighted by Crippen LogP contribution is -2.41. The number of carbonyl (C=O) groups is 1. The lowest BCUT2D eigenvalue weighted by Gasteiger charge is -2.24. The smallest absolute Gasteiger partial charge is 0.240 e. The molecule has 0 aliphatic heterocycles. The Labute approximate surface area is 178 Å². The summed E-state index contributed by atoms with van der Waals surface area (Å²) in [6, 6.07) is 14.0. The molecule has 0 atom stereocenters. The van der Waals surface area contributed by atoms with E-state index in [-0.39, 0.29) is 12.5 Å². The molecule has 0 bridgehead atoms. The van der Waals surface area contributed by atoms with E-state index in [1.807, 2.05) is 31.7 Å². The molecule has 0 fully saturated rings. The van der Waals surface area contributed by atoms with Gasteiger partial charge in [0.15, 0.2) is 0 Å². The average Bonchev–Trinajstić information content (AvgIpc) is 2.66. The second-order valence-corrected chi connectivity index (χ2v) is 10.2. The van der Waals surface area contributed by atoms with Gasteiger partial charge in [-0.3, -0.25) is 9.10 Å². The van der Waals surface area contributed by atoms with Gasteiger partial charge in [-0.2, -0.15) is 11.8 Å². The number of hydrogen-bond donors (Lipinski definition) is 1. The molecule has 0 aliphatic carbocycles. The van der Waals surface area contributed by atoms with E-state index in [9.17, 15) is 13.2 Å². The van der Waals surface area contributed by atoms with Gasteiger partial charge in [0.2, 0.25) is 15.9 Å². The van der Waals surface area contributed by atoms with Gasteiger partial charge in [-0.25, -0.2) is 8.42 Å². The molecular formula is C22H30N2O3S2. The van der Waals surface area contributed by atoms with E-state index in [1.54, 1.807) is 12.1 Å². The molecule has 0 aliphatic rings. The van der Waals surface area contributed by atoms with E-state index in [0.717, 1.165) is 35.3 Å². The van der Waals surface area contributed by atoms with Crippen molar-refractivity contribution in [1.82, 2.24) is 5.32 Å². The summed E-state index contributed by atoms with van der Waals surface area (Å²) in [6.45, 7) is 6.19. The zero-order valence-corrected chi connectivity index (χ0v) is 19.2. The Morgan fingerprint density at radius 3 is 2.41 bits per heavy atom. The Morgan fingerprint density at radius 2 is 1.76 bits per heavy atom. The fourth-order valence-electron chi connectivity index (χ4n) is 2.85. The standard InChI is InChI=1S/C22H30N2O3S2/c1-17-9-11-20(12-10-17)16-28-14-6-13-23-22(25)15-24(29(4,26)27)21-8-5-7-18(2)19(21)3/h5,7-12H,6,13-16H2,1-4H3,(H,23,25). The first kappa shape index (κ1) is 23.3. The fourth-order valence-corrected chi connectivity index (χ4v) is 4.68. The van der Waals surface area contributed by atoms with Crippen molar-refractivity contribution in [3.63, 3.8) is 0 Å². The van der Waals surface area contributed by atoms with E-state index in [4.69, 9.17) is 0 Å². The zero-order chi connectivity index (χ0) is 21.4. The topological polar surface area (TPSA) is 66.5 Å². The quantitative estimate of drug-likeness (QED) is 0.578. The molecule has 0 radical (unpaired) electrons. The minimum absolute atomic E-state index is 0.209. The number of nitrogens with one attached hydrogen (secondary N) is 1. The van der Waals surface area contributed by atoms with Crippen molar-refractivity contribution in [1.29, 1.82) is 0 Å². The maximum absolute atomic E-state index is 12.3. The van der Waals surface area contributed by atoms with Crippen molar-refractivity contribution in [2.45, 2.75) is 32.9 Å². The molecule has 29 heavy (non-hydrogen) atoms. The maximum Gasteiger partial charge on any atom is 0.240 e. The van der Waals surface area contributed by atoms with Gasteiger partial charge in [-0.15, -0.1) is 0 Å². The Hall–Kier alpha value is -1.99. The third kappa shape index (κ3) is 7.40. The van der Waals surface area contributed by atoms with Crippen LogP contribution in [0.5, 0.6) is 0 Å². The van der Waals surface area contributed by atoms with Crippen LogP contribution in [-0.2, 0) is 20.6 Å². The molecule has 1 amide bonds. The molecule has 0 spiro atoms. The van der Waals surface area contributed by atoms with Crippen LogP contribution in [-0.4, -0.2) is 39.4 Å². The number of nitrogens with zero attached hydrogens (tertiary/aromatic N) is 1. The highest BCUT2D eigenvalue weighted by molar-refractivity contribution is 7.98.